The van der Waals surface area contributed by atoms with E-state index in [9.17, 15) is 4.79 Å². The summed E-state index contributed by atoms with van der Waals surface area (Å²) in [4.78, 5) is 20.1. The number of nitrogens with one attached hydrogen (secondary N) is 1. The molecule has 5 nitrogen and oxygen atoms in total. The summed E-state index contributed by atoms with van der Waals surface area (Å²) in [5.41, 5.74) is 2.87. The van der Waals surface area contributed by atoms with Crippen molar-refractivity contribution in [2.45, 2.75) is 13.0 Å². The summed E-state index contributed by atoms with van der Waals surface area (Å²) in [6.45, 7) is 2.38. The van der Waals surface area contributed by atoms with Crippen LogP contribution in [0, 0.1) is 6.92 Å². The summed E-state index contributed by atoms with van der Waals surface area (Å²) >= 11 is 1.43. The number of methoxy groups -OCH3 is 1. The van der Waals surface area contributed by atoms with Crippen LogP contribution in [0.4, 0.5) is 0 Å². The van der Waals surface area contributed by atoms with Crippen LogP contribution in [-0.2, 0) is 0 Å². The normalized spacial score (nSPS) is 12.0. The Morgan fingerprint density at radius 3 is 2.61 bits per heavy atom. The van der Waals surface area contributed by atoms with Gasteiger partial charge in [-0.3, -0.25) is 4.79 Å². The predicted octanol–water partition coefficient (Wildman–Crippen LogP) is 4.16. The average molecular weight is 396 g/mol. The highest BCUT2D eigenvalue weighted by Gasteiger charge is 2.20. The highest BCUT2D eigenvalue weighted by molar-refractivity contribution is 7.17. The SMILES string of the molecule is COc1cccc(C(CNC(=O)c2sc(-c3ccccc3)nc2C)N(C)C)c1. The van der Waals surface area contributed by atoms with Gasteiger partial charge in [0.2, 0.25) is 0 Å². The second-order valence-corrected chi connectivity index (χ2v) is 7.76. The molecule has 0 saturated heterocycles. The number of thiazole rings is 1. The number of carbonyl (C=O) groups excluding carboxylic acids is 1. The topological polar surface area (TPSA) is 54.5 Å². The smallest absolute Gasteiger partial charge is 0.263 e. The van der Waals surface area contributed by atoms with Crippen LogP contribution in [0.3, 0.4) is 0 Å². The minimum absolute atomic E-state index is 0.0425. The highest BCUT2D eigenvalue weighted by Crippen LogP contribution is 2.28. The number of aryl methyl sites for hydroxylation is 1. The molecule has 0 fully saturated rings. The van der Waals surface area contributed by atoms with Crippen molar-refractivity contribution in [2.24, 2.45) is 0 Å². The first-order valence-electron chi connectivity index (χ1n) is 9.11. The molecule has 1 heterocycles. The van der Waals surface area contributed by atoms with Gasteiger partial charge in [-0.05, 0) is 38.7 Å². The number of benzene rings is 2. The number of rotatable bonds is 7. The number of nitrogens with zero attached hydrogens (tertiary/aromatic N) is 2. The van der Waals surface area contributed by atoms with Crippen LogP contribution < -0.4 is 10.1 Å². The van der Waals surface area contributed by atoms with E-state index in [4.69, 9.17) is 4.74 Å². The van der Waals surface area contributed by atoms with E-state index in [-0.39, 0.29) is 11.9 Å². The van der Waals surface area contributed by atoms with Crippen LogP contribution in [0.25, 0.3) is 10.6 Å². The molecule has 3 aromatic rings. The van der Waals surface area contributed by atoms with E-state index in [1.54, 1.807) is 7.11 Å². The van der Waals surface area contributed by atoms with Gasteiger partial charge >= 0.3 is 0 Å². The fraction of sp³-hybridized carbons (Fsp3) is 0.273. The molecule has 3 rings (SSSR count). The second-order valence-electron chi connectivity index (χ2n) is 6.77. The van der Waals surface area contributed by atoms with E-state index in [1.807, 2.05) is 75.6 Å². The van der Waals surface area contributed by atoms with Gasteiger partial charge in [-0.2, -0.15) is 0 Å². The predicted molar refractivity (Wildman–Crippen MR) is 114 cm³/mol. The largest absolute Gasteiger partial charge is 0.497 e. The van der Waals surface area contributed by atoms with Gasteiger partial charge in [0, 0.05) is 12.1 Å². The van der Waals surface area contributed by atoms with E-state index in [1.165, 1.54) is 11.3 Å². The molecule has 1 unspecified atom stereocenters. The van der Waals surface area contributed by atoms with E-state index < -0.39 is 0 Å². The molecule has 0 aliphatic rings. The van der Waals surface area contributed by atoms with E-state index in [2.05, 4.69) is 15.2 Å². The van der Waals surface area contributed by atoms with Crippen LogP contribution >= 0.6 is 11.3 Å². The maximum absolute atomic E-state index is 12.8. The standard InChI is InChI=1S/C22H25N3O2S/c1-15-20(28-22(24-15)16-9-6-5-7-10-16)21(26)23-14-19(25(2)3)17-11-8-12-18(13-17)27-4/h5-13,19H,14H2,1-4H3,(H,23,26). The lowest BCUT2D eigenvalue weighted by atomic mass is 10.1. The van der Waals surface area contributed by atoms with Crippen molar-refractivity contribution < 1.29 is 9.53 Å². The summed E-state index contributed by atoms with van der Waals surface area (Å²) in [7, 11) is 5.66. The molecule has 0 spiro atoms. The van der Waals surface area contributed by atoms with Gasteiger partial charge in [0.15, 0.2) is 0 Å². The molecule has 146 valence electrons. The molecule has 28 heavy (non-hydrogen) atoms. The fourth-order valence-electron chi connectivity index (χ4n) is 3.03. The Labute approximate surface area is 170 Å². The quantitative estimate of drug-likeness (QED) is 0.653. The van der Waals surface area contributed by atoms with Crippen molar-refractivity contribution in [2.75, 3.05) is 27.7 Å². The molecular formula is C22H25N3O2S. The number of likely N-dealkylation sites (N-methyl/N-ethyl adjacent to an activating group) is 1. The number of aromatic nitrogens is 1. The minimum atomic E-state index is -0.0908. The van der Waals surface area contributed by atoms with Gasteiger partial charge in [-0.25, -0.2) is 4.98 Å². The molecule has 1 aromatic heterocycles. The molecule has 0 radical (unpaired) electrons. The summed E-state index contributed by atoms with van der Waals surface area (Å²) in [6, 6.07) is 17.9. The Morgan fingerprint density at radius 2 is 1.93 bits per heavy atom. The molecule has 1 amide bonds. The lowest BCUT2D eigenvalue weighted by Crippen LogP contribution is -2.34. The van der Waals surface area contributed by atoms with Crippen LogP contribution in [0.15, 0.2) is 54.6 Å². The van der Waals surface area contributed by atoms with Gasteiger partial charge < -0.3 is 15.0 Å². The van der Waals surface area contributed by atoms with Crippen LogP contribution in [0.1, 0.15) is 27.0 Å². The molecular weight excluding hydrogens is 370 g/mol. The summed E-state index contributed by atoms with van der Waals surface area (Å²) in [5, 5.41) is 3.93. The lowest BCUT2D eigenvalue weighted by molar-refractivity contribution is 0.0945. The first-order valence-corrected chi connectivity index (χ1v) is 9.92. The first-order chi connectivity index (χ1) is 13.5. The van der Waals surface area contributed by atoms with Gasteiger partial charge in [0.1, 0.15) is 15.6 Å². The lowest BCUT2D eigenvalue weighted by Gasteiger charge is -2.25. The van der Waals surface area contributed by atoms with Crippen molar-refractivity contribution in [1.82, 2.24) is 15.2 Å². The Balaban J connectivity index is 1.74. The van der Waals surface area contributed by atoms with Gasteiger partial charge in [0.05, 0.1) is 18.8 Å². The third-order valence-corrected chi connectivity index (χ3v) is 5.79. The molecule has 6 heteroatoms. The van der Waals surface area contributed by atoms with Crippen molar-refractivity contribution in [3.63, 3.8) is 0 Å². The van der Waals surface area contributed by atoms with E-state index in [0.29, 0.717) is 11.4 Å². The van der Waals surface area contributed by atoms with Crippen molar-refractivity contribution in [3.05, 3.63) is 70.7 Å². The summed E-state index contributed by atoms with van der Waals surface area (Å²) in [5.74, 6) is 0.716. The molecule has 1 atom stereocenters. The van der Waals surface area contributed by atoms with E-state index in [0.717, 1.165) is 27.6 Å². The summed E-state index contributed by atoms with van der Waals surface area (Å²) in [6.07, 6.45) is 0. The van der Waals surface area contributed by atoms with Gasteiger partial charge in [0.25, 0.3) is 5.91 Å². The molecule has 0 saturated carbocycles. The maximum atomic E-state index is 12.8. The third-order valence-electron chi connectivity index (χ3n) is 4.58. The Kier molecular flexibility index (Phi) is 6.44. The number of ether oxygens (including phenoxy) is 1. The summed E-state index contributed by atoms with van der Waals surface area (Å²) < 4.78 is 5.33. The molecule has 2 aromatic carbocycles. The minimum Gasteiger partial charge on any atom is -0.497 e. The van der Waals surface area contributed by atoms with E-state index >= 15 is 0 Å². The van der Waals surface area contributed by atoms with Gasteiger partial charge in [-0.15, -0.1) is 11.3 Å². The van der Waals surface area contributed by atoms with Crippen molar-refractivity contribution in [3.8, 4) is 16.3 Å². The van der Waals surface area contributed by atoms with Crippen LogP contribution in [0.2, 0.25) is 0 Å². The number of amides is 1. The zero-order chi connectivity index (χ0) is 20.1. The van der Waals surface area contributed by atoms with Crippen LogP contribution in [-0.4, -0.2) is 43.5 Å². The monoisotopic (exact) mass is 395 g/mol. The Hall–Kier alpha value is -2.70. The molecule has 0 bridgehead atoms. The average Bonchev–Trinajstić information content (AvgIpc) is 3.10. The third kappa shape index (κ3) is 4.58. The maximum Gasteiger partial charge on any atom is 0.263 e. The van der Waals surface area contributed by atoms with Crippen LogP contribution in [0.5, 0.6) is 5.75 Å². The van der Waals surface area contributed by atoms with Crippen molar-refractivity contribution >= 4 is 17.2 Å². The zero-order valence-electron chi connectivity index (χ0n) is 16.6. The first kappa shape index (κ1) is 20.0. The van der Waals surface area contributed by atoms with Crippen molar-refractivity contribution in [1.29, 1.82) is 0 Å². The molecule has 0 aliphatic heterocycles. The highest BCUT2D eigenvalue weighted by atomic mass is 32.1. The molecule has 0 aliphatic carbocycles. The second kappa shape index (κ2) is 8.99. The van der Waals surface area contributed by atoms with Gasteiger partial charge in [-0.1, -0.05) is 42.5 Å². The zero-order valence-corrected chi connectivity index (χ0v) is 17.4. The number of hydrogen-bond donors (Lipinski definition) is 1. The Morgan fingerprint density at radius 1 is 1.18 bits per heavy atom. The number of hydrogen-bond acceptors (Lipinski definition) is 5. The molecule has 1 N–H and O–H groups in total. The Bertz CT molecular complexity index is 938. The number of carbonyl (C=O) groups is 1. The fourth-order valence-corrected chi connectivity index (χ4v) is 4.02.